The summed E-state index contributed by atoms with van der Waals surface area (Å²) in [5, 5.41) is 0. The predicted octanol–water partition coefficient (Wildman–Crippen LogP) is 2.64. The lowest BCUT2D eigenvalue weighted by Gasteiger charge is -2.15. The molecule has 0 saturated carbocycles. The van der Waals surface area contributed by atoms with E-state index in [4.69, 9.17) is 0 Å². The van der Waals surface area contributed by atoms with Gasteiger partial charge >= 0.3 is 6.98 Å². The molecule has 0 aliphatic carbocycles. The molecule has 0 aliphatic rings. The van der Waals surface area contributed by atoms with E-state index in [1.807, 2.05) is 0 Å². The van der Waals surface area contributed by atoms with Crippen LogP contribution in [-0.4, -0.2) is 6.98 Å². The zero-order chi connectivity index (χ0) is 9.35. The third-order valence-corrected chi connectivity index (χ3v) is 1.95. The highest BCUT2D eigenvalue weighted by atomic mass is 79.9. The van der Waals surface area contributed by atoms with E-state index in [1.165, 1.54) is 6.07 Å². The fraction of sp³-hybridized carbons (Fsp3) is 0. The highest BCUT2D eigenvalue weighted by Crippen LogP contribution is 2.17. The number of hydrogen-bond donors (Lipinski definition) is 0. The molecular weight excluding hydrogens is 239 g/mol. The molecule has 0 saturated heterocycles. The van der Waals surface area contributed by atoms with Crippen LogP contribution in [0.2, 0.25) is 0 Å². The van der Waals surface area contributed by atoms with Crippen LogP contribution in [0.1, 0.15) is 0 Å². The first-order valence-electron chi connectivity index (χ1n) is 3.07. The first kappa shape index (κ1) is 9.57. The van der Waals surface area contributed by atoms with Crippen LogP contribution in [0.25, 0.3) is 0 Å². The summed E-state index contributed by atoms with van der Waals surface area (Å²) in [6.07, 6.45) is 0. The summed E-state index contributed by atoms with van der Waals surface area (Å²) in [5.74, 6) is -1.25. The molecule has 1 aromatic carbocycles. The first-order chi connectivity index (χ1) is 5.43. The Balaban J connectivity index is 3.26. The lowest BCUT2D eigenvalue weighted by molar-refractivity contribution is 0.493. The van der Waals surface area contributed by atoms with Gasteiger partial charge in [-0.2, -0.15) is 0 Å². The SMILES string of the molecule is Fc1c(Br)cccc1[B-](F)(F)F. The fourth-order valence-electron chi connectivity index (χ4n) is 0.773. The van der Waals surface area contributed by atoms with E-state index < -0.39 is 18.3 Å². The Hall–Kier alpha value is -0.515. The molecule has 0 N–H and O–H groups in total. The van der Waals surface area contributed by atoms with Crippen molar-refractivity contribution in [2.45, 2.75) is 0 Å². The van der Waals surface area contributed by atoms with Gasteiger partial charge in [-0.25, -0.2) is 4.39 Å². The van der Waals surface area contributed by atoms with Crippen LogP contribution in [0, 0.1) is 5.82 Å². The second-order valence-corrected chi connectivity index (χ2v) is 3.07. The zero-order valence-corrected chi connectivity index (χ0v) is 7.29. The van der Waals surface area contributed by atoms with E-state index in [0.29, 0.717) is 0 Å². The zero-order valence-electron chi connectivity index (χ0n) is 5.70. The first-order valence-corrected chi connectivity index (χ1v) is 3.86. The second-order valence-electron chi connectivity index (χ2n) is 2.22. The average Bonchev–Trinajstić information content (AvgIpc) is 1.92. The van der Waals surface area contributed by atoms with E-state index in [9.17, 15) is 17.3 Å². The van der Waals surface area contributed by atoms with Gasteiger partial charge < -0.3 is 12.9 Å². The normalized spacial score (nSPS) is 11.8. The third kappa shape index (κ3) is 1.80. The molecule has 0 fully saturated rings. The maximum absolute atomic E-state index is 12.7. The third-order valence-electron chi connectivity index (χ3n) is 1.33. The van der Waals surface area contributed by atoms with Crippen molar-refractivity contribution in [1.82, 2.24) is 0 Å². The van der Waals surface area contributed by atoms with Crippen LogP contribution in [-0.2, 0) is 0 Å². The number of halogens is 5. The molecule has 0 heterocycles. The topological polar surface area (TPSA) is 0 Å². The number of benzene rings is 1. The van der Waals surface area contributed by atoms with Crippen LogP contribution in [0.15, 0.2) is 22.7 Å². The van der Waals surface area contributed by atoms with Crippen molar-refractivity contribution in [1.29, 1.82) is 0 Å². The standard InChI is InChI=1S/C6H3BBrF4/c8-5-3-1-2-4(6(5)9)7(10,11)12/h1-3H/q-1. The molecular formula is C6H3BBrF4-. The Kier molecular flexibility index (Phi) is 2.46. The smallest absolute Gasteiger partial charge is 0.445 e. The average molecular weight is 242 g/mol. The molecule has 6 heteroatoms. The highest BCUT2D eigenvalue weighted by Gasteiger charge is 2.29. The largest absolute Gasteiger partial charge is 0.512 e. The summed E-state index contributed by atoms with van der Waals surface area (Å²) in [5.41, 5.74) is -1.19. The lowest BCUT2D eigenvalue weighted by atomic mass is 9.80. The molecule has 0 radical (unpaired) electrons. The van der Waals surface area contributed by atoms with Gasteiger partial charge in [0.15, 0.2) is 0 Å². The molecule has 0 unspecified atom stereocenters. The molecule has 1 rings (SSSR count). The molecule has 0 amide bonds. The van der Waals surface area contributed by atoms with Crippen LogP contribution < -0.4 is 5.46 Å². The molecule has 0 spiro atoms. The lowest BCUT2D eigenvalue weighted by Crippen LogP contribution is -2.36. The van der Waals surface area contributed by atoms with Gasteiger partial charge in [-0.05, 0) is 22.0 Å². The van der Waals surface area contributed by atoms with Crippen LogP contribution in [0.4, 0.5) is 17.3 Å². The van der Waals surface area contributed by atoms with Gasteiger partial charge in [-0.3, -0.25) is 0 Å². The maximum atomic E-state index is 12.7. The summed E-state index contributed by atoms with van der Waals surface area (Å²) in [4.78, 5) is 0. The van der Waals surface area contributed by atoms with Crippen molar-refractivity contribution in [2.75, 3.05) is 0 Å². The van der Waals surface area contributed by atoms with E-state index in [2.05, 4.69) is 15.9 Å². The predicted molar refractivity (Wildman–Crippen MR) is 42.8 cm³/mol. The fourth-order valence-corrected chi connectivity index (χ4v) is 1.15. The summed E-state index contributed by atoms with van der Waals surface area (Å²) in [7, 11) is 0. The molecule has 66 valence electrons. The summed E-state index contributed by atoms with van der Waals surface area (Å²) >= 11 is 2.67. The van der Waals surface area contributed by atoms with E-state index in [-0.39, 0.29) is 4.47 Å². The van der Waals surface area contributed by atoms with Crippen molar-refractivity contribution in [3.05, 3.63) is 28.5 Å². The molecule has 12 heavy (non-hydrogen) atoms. The van der Waals surface area contributed by atoms with Crippen LogP contribution >= 0.6 is 15.9 Å². The Labute approximate surface area is 74.8 Å². The highest BCUT2D eigenvalue weighted by molar-refractivity contribution is 9.10. The van der Waals surface area contributed by atoms with Crippen molar-refractivity contribution < 1.29 is 17.3 Å². The monoisotopic (exact) mass is 241 g/mol. The second kappa shape index (κ2) is 3.09. The van der Waals surface area contributed by atoms with Gasteiger partial charge in [-0.1, -0.05) is 17.6 Å². The van der Waals surface area contributed by atoms with Crippen molar-refractivity contribution in [2.24, 2.45) is 0 Å². The molecule has 0 atom stereocenters. The minimum absolute atomic E-state index is 0.167. The van der Waals surface area contributed by atoms with Crippen molar-refractivity contribution >= 4 is 28.4 Å². The Morgan fingerprint density at radius 3 is 2.17 bits per heavy atom. The molecule has 0 nitrogen and oxygen atoms in total. The van der Waals surface area contributed by atoms with Gasteiger partial charge in [0, 0.05) is 0 Å². The van der Waals surface area contributed by atoms with Gasteiger partial charge in [-0.15, -0.1) is 0 Å². The Bertz CT molecular complexity index is 296. The van der Waals surface area contributed by atoms with Gasteiger partial charge in [0.2, 0.25) is 0 Å². The van der Waals surface area contributed by atoms with E-state index in [0.717, 1.165) is 12.1 Å². The van der Waals surface area contributed by atoms with Gasteiger partial charge in [0.05, 0.1) is 4.47 Å². The minimum Gasteiger partial charge on any atom is -0.445 e. The molecule has 0 aliphatic heterocycles. The van der Waals surface area contributed by atoms with Gasteiger partial charge in [0.25, 0.3) is 0 Å². The molecule has 1 aromatic rings. The summed E-state index contributed by atoms with van der Waals surface area (Å²) in [6.45, 7) is -5.25. The summed E-state index contributed by atoms with van der Waals surface area (Å²) in [6, 6.07) is 3.10. The van der Waals surface area contributed by atoms with Gasteiger partial charge in [0.1, 0.15) is 5.82 Å². The van der Waals surface area contributed by atoms with E-state index >= 15 is 0 Å². The van der Waals surface area contributed by atoms with E-state index in [1.54, 1.807) is 0 Å². The minimum atomic E-state index is -5.25. The maximum Gasteiger partial charge on any atom is 0.512 e. The number of rotatable bonds is 1. The van der Waals surface area contributed by atoms with Crippen molar-refractivity contribution in [3.8, 4) is 0 Å². The molecule has 0 aromatic heterocycles. The Morgan fingerprint density at radius 1 is 1.17 bits per heavy atom. The van der Waals surface area contributed by atoms with Crippen LogP contribution in [0.3, 0.4) is 0 Å². The number of hydrogen-bond acceptors (Lipinski definition) is 0. The Morgan fingerprint density at radius 2 is 1.75 bits per heavy atom. The molecule has 0 bridgehead atoms. The summed E-state index contributed by atoms with van der Waals surface area (Å²) < 4.78 is 48.7. The van der Waals surface area contributed by atoms with Crippen molar-refractivity contribution in [3.63, 3.8) is 0 Å². The quantitative estimate of drug-likeness (QED) is 0.524. The van der Waals surface area contributed by atoms with Crippen LogP contribution in [0.5, 0.6) is 0 Å².